The first kappa shape index (κ1) is 10.2. The highest BCUT2D eigenvalue weighted by atomic mass is 16.5. The predicted molar refractivity (Wildman–Crippen MR) is 52.8 cm³/mol. The van der Waals surface area contributed by atoms with Gasteiger partial charge in [-0.3, -0.25) is 0 Å². The third-order valence-corrected chi connectivity index (χ3v) is 3.11. The van der Waals surface area contributed by atoms with E-state index in [4.69, 9.17) is 9.47 Å². The lowest BCUT2D eigenvalue weighted by molar-refractivity contribution is -0.156. The van der Waals surface area contributed by atoms with Crippen molar-refractivity contribution in [1.82, 2.24) is 0 Å². The SMILES string of the molecule is C=C[C@H]1[C@H](C)OC=C2C(=O)OCC[C@]21O. The molecule has 2 aliphatic heterocycles. The molecule has 0 unspecified atom stereocenters. The number of carbonyl (C=O) groups is 1. The van der Waals surface area contributed by atoms with Crippen molar-refractivity contribution in [3.8, 4) is 0 Å². The molecule has 15 heavy (non-hydrogen) atoms. The number of hydrogen-bond acceptors (Lipinski definition) is 4. The Morgan fingerprint density at radius 2 is 2.47 bits per heavy atom. The van der Waals surface area contributed by atoms with E-state index < -0.39 is 11.6 Å². The summed E-state index contributed by atoms with van der Waals surface area (Å²) in [5.41, 5.74) is -0.967. The van der Waals surface area contributed by atoms with E-state index in [2.05, 4.69) is 6.58 Å². The summed E-state index contributed by atoms with van der Waals surface area (Å²) in [5.74, 6) is -0.771. The summed E-state index contributed by atoms with van der Waals surface area (Å²) in [4.78, 5) is 11.4. The molecular weight excluding hydrogens is 196 g/mol. The molecule has 0 radical (unpaired) electrons. The Hall–Kier alpha value is -1.29. The Morgan fingerprint density at radius 1 is 1.73 bits per heavy atom. The van der Waals surface area contributed by atoms with E-state index in [0.29, 0.717) is 6.42 Å². The van der Waals surface area contributed by atoms with Crippen LogP contribution in [0.3, 0.4) is 0 Å². The highest BCUT2D eigenvalue weighted by Crippen LogP contribution is 2.40. The highest BCUT2D eigenvalue weighted by molar-refractivity contribution is 5.91. The molecule has 0 aromatic heterocycles. The van der Waals surface area contributed by atoms with Gasteiger partial charge in [0.15, 0.2) is 0 Å². The summed E-state index contributed by atoms with van der Waals surface area (Å²) in [5, 5.41) is 10.5. The van der Waals surface area contributed by atoms with Crippen molar-refractivity contribution in [2.45, 2.75) is 25.0 Å². The van der Waals surface area contributed by atoms with Crippen molar-refractivity contribution in [2.24, 2.45) is 5.92 Å². The van der Waals surface area contributed by atoms with Crippen LogP contribution in [0.1, 0.15) is 13.3 Å². The maximum Gasteiger partial charge on any atom is 0.340 e. The smallest absolute Gasteiger partial charge is 0.340 e. The second-order valence-electron chi connectivity index (χ2n) is 3.94. The number of fused-ring (bicyclic) bond motifs is 1. The lowest BCUT2D eigenvalue weighted by Gasteiger charge is -2.43. The van der Waals surface area contributed by atoms with Gasteiger partial charge in [0.1, 0.15) is 17.3 Å². The Labute approximate surface area is 88.2 Å². The standard InChI is InChI=1S/C11H14O4/c1-3-8-7(2)15-6-9-10(12)14-5-4-11(8,9)13/h3,6-8,13H,1,4-5H2,2H3/t7-,8-,11+/m0/s1. The van der Waals surface area contributed by atoms with Crippen LogP contribution in [0.5, 0.6) is 0 Å². The second-order valence-corrected chi connectivity index (χ2v) is 3.94. The van der Waals surface area contributed by atoms with E-state index >= 15 is 0 Å². The zero-order valence-corrected chi connectivity index (χ0v) is 8.60. The van der Waals surface area contributed by atoms with Crippen LogP contribution in [0, 0.1) is 5.92 Å². The van der Waals surface area contributed by atoms with E-state index in [1.165, 1.54) is 6.26 Å². The molecule has 0 bridgehead atoms. The van der Waals surface area contributed by atoms with Gasteiger partial charge in [-0.2, -0.15) is 0 Å². The monoisotopic (exact) mass is 210 g/mol. The zero-order chi connectivity index (χ0) is 11.1. The van der Waals surface area contributed by atoms with Gasteiger partial charge in [-0.05, 0) is 6.92 Å². The summed E-state index contributed by atoms with van der Waals surface area (Å²) < 4.78 is 10.2. The summed E-state index contributed by atoms with van der Waals surface area (Å²) in [6, 6.07) is 0. The normalized spacial score (nSPS) is 39.6. The number of esters is 1. The van der Waals surface area contributed by atoms with Crippen LogP contribution in [-0.2, 0) is 14.3 Å². The molecule has 1 saturated heterocycles. The maximum atomic E-state index is 11.4. The minimum absolute atomic E-state index is 0.179. The van der Waals surface area contributed by atoms with Crippen LogP contribution in [0.25, 0.3) is 0 Å². The van der Waals surface area contributed by atoms with E-state index in [-0.39, 0.29) is 24.2 Å². The molecule has 0 amide bonds. The van der Waals surface area contributed by atoms with E-state index in [1.807, 2.05) is 6.92 Å². The average Bonchev–Trinajstić information content (AvgIpc) is 2.17. The largest absolute Gasteiger partial charge is 0.497 e. The number of ether oxygens (including phenoxy) is 2. The lowest BCUT2D eigenvalue weighted by Crippen LogP contribution is -2.52. The van der Waals surface area contributed by atoms with Gasteiger partial charge in [0, 0.05) is 12.3 Å². The average molecular weight is 210 g/mol. The van der Waals surface area contributed by atoms with Crippen LogP contribution >= 0.6 is 0 Å². The number of hydrogen-bond donors (Lipinski definition) is 1. The van der Waals surface area contributed by atoms with Gasteiger partial charge in [-0.1, -0.05) is 6.08 Å². The Balaban J connectivity index is 2.43. The molecular formula is C11H14O4. The molecule has 82 valence electrons. The molecule has 2 rings (SSSR count). The predicted octanol–water partition coefficient (Wildman–Crippen LogP) is 0.769. The molecule has 1 N–H and O–H groups in total. The van der Waals surface area contributed by atoms with Crippen molar-refractivity contribution in [3.05, 3.63) is 24.5 Å². The quantitative estimate of drug-likeness (QED) is 0.513. The Kier molecular flexibility index (Phi) is 2.31. The maximum absolute atomic E-state index is 11.4. The third-order valence-electron chi connectivity index (χ3n) is 3.11. The fourth-order valence-corrected chi connectivity index (χ4v) is 2.22. The van der Waals surface area contributed by atoms with Gasteiger partial charge in [0.2, 0.25) is 0 Å². The van der Waals surface area contributed by atoms with E-state index in [1.54, 1.807) is 6.08 Å². The Morgan fingerprint density at radius 3 is 3.13 bits per heavy atom. The first-order valence-electron chi connectivity index (χ1n) is 4.98. The molecule has 4 nitrogen and oxygen atoms in total. The first-order chi connectivity index (χ1) is 7.09. The molecule has 2 aliphatic rings. The number of rotatable bonds is 1. The second kappa shape index (κ2) is 3.38. The molecule has 2 heterocycles. The molecule has 0 aromatic rings. The fraction of sp³-hybridized carbons (Fsp3) is 0.545. The first-order valence-corrected chi connectivity index (χ1v) is 4.98. The highest BCUT2D eigenvalue weighted by Gasteiger charge is 2.50. The van der Waals surface area contributed by atoms with E-state index in [9.17, 15) is 9.90 Å². The lowest BCUT2D eigenvalue weighted by atomic mass is 9.74. The molecule has 0 saturated carbocycles. The summed E-state index contributed by atoms with van der Waals surface area (Å²) >= 11 is 0. The van der Waals surface area contributed by atoms with Crippen molar-refractivity contribution in [1.29, 1.82) is 0 Å². The molecule has 4 heteroatoms. The van der Waals surface area contributed by atoms with Crippen molar-refractivity contribution >= 4 is 5.97 Å². The van der Waals surface area contributed by atoms with Gasteiger partial charge in [-0.15, -0.1) is 6.58 Å². The molecule has 1 fully saturated rings. The molecule has 0 aromatic carbocycles. The van der Waals surface area contributed by atoms with Crippen LogP contribution in [0.15, 0.2) is 24.5 Å². The zero-order valence-electron chi connectivity index (χ0n) is 8.60. The minimum atomic E-state index is -1.17. The van der Waals surface area contributed by atoms with Crippen LogP contribution in [0.2, 0.25) is 0 Å². The molecule has 0 aliphatic carbocycles. The van der Waals surface area contributed by atoms with Crippen LogP contribution in [0.4, 0.5) is 0 Å². The number of carbonyl (C=O) groups excluding carboxylic acids is 1. The van der Waals surface area contributed by atoms with E-state index in [0.717, 1.165) is 0 Å². The van der Waals surface area contributed by atoms with Gasteiger partial charge >= 0.3 is 5.97 Å². The van der Waals surface area contributed by atoms with Gasteiger partial charge in [-0.25, -0.2) is 4.79 Å². The minimum Gasteiger partial charge on any atom is -0.497 e. The van der Waals surface area contributed by atoms with Crippen molar-refractivity contribution < 1.29 is 19.4 Å². The van der Waals surface area contributed by atoms with Crippen LogP contribution in [-0.4, -0.2) is 29.4 Å². The summed E-state index contributed by atoms with van der Waals surface area (Å²) in [7, 11) is 0. The van der Waals surface area contributed by atoms with Crippen molar-refractivity contribution in [3.63, 3.8) is 0 Å². The Bertz CT molecular complexity index is 333. The number of cyclic esters (lactones) is 1. The summed E-state index contributed by atoms with van der Waals surface area (Å²) in [6.07, 6.45) is 3.17. The number of aliphatic hydroxyl groups is 1. The van der Waals surface area contributed by atoms with Crippen LogP contribution < -0.4 is 0 Å². The topological polar surface area (TPSA) is 55.8 Å². The van der Waals surface area contributed by atoms with Gasteiger partial charge in [0.05, 0.1) is 12.9 Å². The van der Waals surface area contributed by atoms with Gasteiger partial charge < -0.3 is 14.6 Å². The van der Waals surface area contributed by atoms with Crippen molar-refractivity contribution in [2.75, 3.05) is 6.61 Å². The fourth-order valence-electron chi connectivity index (χ4n) is 2.22. The summed E-state index contributed by atoms with van der Waals surface area (Å²) in [6.45, 7) is 5.76. The molecule has 3 atom stereocenters. The third kappa shape index (κ3) is 1.36. The molecule has 0 spiro atoms. The van der Waals surface area contributed by atoms with Gasteiger partial charge in [0.25, 0.3) is 0 Å².